The summed E-state index contributed by atoms with van der Waals surface area (Å²) in [6.07, 6.45) is 3.39. The third-order valence-electron chi connectivity index (χ3n) is 3.43. The van der Waals surface area contributed by atoms with E-state index in [0.717, 1.165) is 27.0 Å². The highest BCUT2D eigenvalue weighted by Gasteiger charge is 2.29. The molecule has 3 rings (SSSR count). The third kappa shape index (κ3) is 3.28. The molecule has 1 aliphatic rings. The molecule has 1 fully saturated rings. The molecule has 0 atom stereocenters. The molecule has 1 saturated carbocycles. The van der Waals surface area contributed by atoms with E-state index >= 15 is 0 Å². The number of aromatic nitrogens is 2. The molecule has 0 saturated heterocycles. The van der Waals surface area contributed by atoms with Crippen LogP contribution in [0.5, 0.6) is 5.75 Å². The van der Waals surface area contributed by atoms with Gasteiger partial charge in [0.25, 0.3) is 0 Å². The zero-order valence-electron chi connectivity index (χ0n) is 12.0. The Morgan fingerprint density at radius 1 is 1.33 bits per heavy atom. The molecular weight excluding hydrogens is 377 g/mol. The summed E-state index contributed by atoms with van der Waals surface area (Å²) in [5.74, 6) is 2.67. The zero-order valence-corrected chi connectivity index (χ0v) is 14.1. The van der Waals surface area contributed by atoms with Gasteiger partial charge in [0.1, 0.15) is 11.6 Å². The van der Waals surface area contributed by atoms with Crippen molar-refractivity contribution in [3.05, 3.63) is 33.5 Å². The van der Waals surface area contributed by atoms with Gasteiger partial charge in [-0.15, -0.1) is 0 Å². The number of ether oxygens (including phenoxy) is 1. The zero-order chi connectivity index (χ0) is 14.8. The Hall–Kier alpha value is -1.37. The van der Waals surface area contributed by atoms with Gasteiger partial charge in [-0.1, -0.05) is 19.1 Å². The van der Waals surface area contributed by atoms with Gasteiger partial charge in [-0.25, -0.2) is 9.97 Å². The lowest BCUT2D eigenvalue weighted by Gasteiger charge is -2.10. The molecule has 110 valence electrons. The Morgan fingerprint density at radius 3 is 2.86 bits per heavy atom. The van der Waals surface area contributed by atoms with Crippen molar-refractivity contribution in [3.8, 4) is 17.1 Å². The minimum Gasteiger partial charge on any atom is -0.494 e. The summed E-state index contributed by atoms with van der Waals surface area (Å²) in [6, 6.07) is 7.90. The molecule has 0 bridgehead atoms. The van der Waals surface area contributed by atoms with Crippen LogP contribution in [0.25, 0.3) is 11.4 Å². The van der Waals surface area contributed by atoms with Gasteiger partial charge < -0.3 is 10.5 Å². The number of nitrogens with zero attached hydrogens (tertiary/aromatic N) is 2. The number of nitrogens with two attached hydrogens (primary N) is 1. The first kappa shape index (κ1) is 14.6. The van der Waals surface area contributed by atoms with Crippen LogP contribution >= 0.6 is 22.6 Å². The molecule has 0 unspecified atom stereocenters. The first-order chi connectivity index (χ1) is 10.2. The first-order valence-corrected chi connectivity index (χ1v) is 8.33. The number of hydrogen-bond acceptors (Lipinski definition) is 4. The summed E-state index contributed by atoms with van der Waals surface area (Å²) < 4.78 is 6.67. The Kier molecular flexibility index (Phi) is 4.28. The van der Waals surface area contributed by atoms with Crippen LogP contribution in [0.15, 0.2) is 24.3 Å². The Bertz CT molecular complexity index is 656. The average molecular weight is 395 g/mol. The first-order valence-electron chi connectivity index (χ1n) is 7.25. The molecule has 21 heavy (non-hydrogen) atoms. The van der Waals surface area contributed by atoms with Gasteiger partial charge in [0.05, 0.1) is 15.9 Å². The fourth-order valence-corrected chi connectivity index (χ4v) is 2.87. The van der Waals surface area contributed by atoms with Gasteiger partial charge in [0, 0.05) is 11.5 Å². The summed E-state index contributed by atoms with van der Waals surface area (Å²) in [5, 5.41) is 0. The number of hydrogen-bond donors (Lipinski definition) is 1. The van der Waals surface area contributed by atoms with Crippen LogP contribution in [-0.4, -0.2) is 16.6 Å². The fraction of sp³-hybridized carbons (Fsp3) is 0.375. The Balaban J connectivity index is 1.96. The lowest BCUT2D eigenvalue weighted by molar-refractivity contribution is 0.317. The number of anilines is 1. The molecule has 2 N–H and O–H groups in total. The smallest absolute Gasteiger partial charge is 0.161 e. The van der Waals surface area contributed by atoms with Gasteiger partial charge >= 0.3 is 0 Å². The van der Waals surface area contributed by atoms with E-state index in [1.807, 2.05) is 24.3 Å². The molecule has 2 aromatic rings. The molecule has 1 aromatic carbocycles. The third-order valence-corrected chi connectivity index (χ3v) is 4.54. The lowest BCUT2D eigenvalue weighted by Crippen LogP contribution is -2.04. The van der Waals surface area contributed by atoms with Crippen molar-refractivity contribution in [2.75, 3.05) is 12.3 Å². The highest BCUT2D eigenvalue weighted by Crippen LogP contribution is 2.42. The summed E-state index contributed by atoms with van der Waals surface area (Å²) >= 11 is 2.25. The van der Waals surface area contributed by atoms with Crippen LogP contribution in [0.4, 0.5) is 5.82 Å². The Morgan fingerprint density at radius 2 is 2.14 bits per heavy atom. The molecule has 0 spiro atoms. The van der Waals surface area contributed by atoms with E-state index in [-0.39, 0.29) is 0 Å². The van der Waals surface area contributed by atoms with Crippen molar-refractivity contribution in [3.63, 3.8) is 0 Å². The van der Waals surface area contributed by atoms with Crippen molar-refractivity contribution in [2.45, 2.75) is 32.1 Å². The average Bonchev–Trinajstić information content (AvgIpc) is 3.33. The van der Waals surface area contributed by atoms with Crippen molar-refractivity contribution in [1.82, 2.24) is 9.97 Å². The van der Waals surface area contributed by atoms with E-state index in [4.69, 9.17) is 15.5 Å². The topological polar surface area (TPSA) is 61.0 Å². The van der Waals surface area contributed by atoms with Crippen molar-refractivity contribution in [2.24, 2.45) is 0 Å². The quantitative estimate of drug-likeness (QED) is 0.778. The summed E-state index contributed by atoms with van der Waals surface area (Å²) in [4.78, 5) is 9.17. The van der Waals surface area contributed by atoms with Gasteiger partial charge in [0.2, 0.25) is 0 Å². The van der Waals surface area contributed by atoms with E-state index in [1.165, 1.54) is 12.8 Å². The minimum absolute atomic E-state index is 0.556. The van der Waals surface area contributed by atoms with Gasteiger partial charge in [-0.3, -0.25) is 0 Å². The van der Waals surface area contributed by atoms with E-state index < -0.39 is 0 Å². The van der Waals surface area contributed by atoms with Crippen LogP contribution in [0.1, 0.15) is 37.8 Å². The lowest BCUT2D eigenvalue weighted by atomic mass is 10.2. The molecule has 0 amide bonds. The highest BCUT2D eigenvalue weighted by atomic mass is 127. The standard InChI is InChI=1S/C16H18IN3O/c1-2-8-21-12-5-3-4-11(9-12)16-19-14(10-6-7-10)13(17)15(18)20-16/h3-5,9-10H,2,6-8H2,1H3,(H2,18,19,20). The number of rotatable bonds is 5. The minimum atomic E-state index is 0.556. The van der Waals surface area contributed by atoms with Crippen LogP contribution in [0.2, 0.25) is 0 Å². The van der Waals surface area contributed by atoms with Gasteiger partial charge in [0.15, 0.2) is 5.82 Å². The molecule has 1 aliphatic carbocycles. The van der Waals surface area contributed by atoms with Crippen molar-refractivity contribution in [1.29, 1.82) is 0 Å². The molecule has 5 heteroatoms. The molecule has 0 radical (unpaired) electrons. The molecule has 1 aromatic heterocycles. The summed E-state index contributed by atoms with van der Waals surface area (Å²) in [7, 11) is 0. The van der Waals surface area contributed by atoms with Crippen LogP contribution in [0, 0.1) is 3.57 Å². The second-order valence-electron chi connectivity index (χ2n) is 5.28. The van der Waals surface area contributed by atoms with E-state index in [1.54, 1.807) is 0 Å². The SMILES string of the molecule is CCCOc1cccc(-c2nc(N)c(I)c(C3CC3)n2)c1. The second kappa shape index (κ2) is 6.17. The molecular formula is C16H18IN3O. The Labute approximate surface area is 138 Å². The second-order valence-corrected chi connectivity index (χ2v) is 6.36. The maximum absolute atomic E-state index is 6.05. The van der Waals surface area contributed by atoms with E-state index in [0.29, 0.717) is 24.2 Å². The van der Waals surface area contributed by atoms with Crippen LogP contribution in [-0.2, 0) is 0 Å². The van der Waals surface area contributed by atoms with Gasteiger partial charge in [-0.2, -0.15) is 0 Å². The largest absolute Gasteiger partial charge is 0.494 e. The number of halogens is 1. The van der Waals surface area contributed by atoms with E-state index in [9.17, 15) is 0 Å². The normalized spacial score (nSPS) is 14.2. The molecule has 0 aliphatic heterocycles. The molecule has 1 heterocycles. The maximum Gasteiger partial charge on any atom is 0.161 e. The van der Waals surface area contributed by atoms with Crippen molar-refractivity contribution < 1.29 is 4.74 Å². The van der Waals surface area contributed by atoms with Crippen LogP contribution in [0.3, 0.4) is 0 Å². The summed E-state index contributed by atoms with van der Waals surface area (Å²) in [6.45, 7) is 2.81. The monoisotopic (exact) mass is 395 g/mol. The number of benzene rings is 1. The van der Waals surface area contributed by atoms with Crippen molar-refractivity contribution >= 4 is 28.4 Å². The summed E-state index contributed by atoms with van der Waals surface area (Å²) in [5.41, 5.74) is 8.10. The number of nitrogen functional groups attached to an aromatic ring is 1. The predicted octanol–water partition coefficient (Wildman–Crippen LogP) is 4.00. The predicted molar refractivity (Wildman–Crippen MR) is 92.4 cm³/mol. The highest BCUT2D eigenvalue weighted by molar-refractivity contribution is 14.1. The van der Waals surface area contributed by atoms with Crippen LogP contribution < -0.4 is 10.5 Å². The van der Waals surface area contributed by atoms with E-state index in [2.05, 4.69) is 34.5 Å². The van der Waals surface area contributed by atoms with Gasteiger partial charge in [-0.05, 0) is 54.0 Å². The fourth-order valence-electron chi connectivity index (χ4n) is 2.18. The maximum atomic E-state index is 6.05. The molecule has 4 nitrogen and oxygen atoms in total.